The van der Waals surface area contributed by atoms with E-state index in [2.05, 4.69) is 20.8 Å². The van der Waals surface area contributed by atoms with E-state index in [0.29, 0.717) is 25.3 Å². The van der Waals surface area contributed by atoms with Crippen molar-refractivity contribution < 1.29 is 14.0 Å². The number of nitrogens with one attached hydrogen (secondary N) is 2. The average molecular weight is 440 g/mol. The Kier molecular flexibility index (Phi) is 6.51. The summed E-state index contributed by atoms with van der Waals surface area (Å²) in [6.07, 6.45) is 1.75. The van der Waals surface area contributed by atoms with E-state index in [-0.39, 0.29) is 28.7 Å². The minimum Gasteiger partial charge on any atom is -0.334 e. The summed E-state index contributed by atoms with van der Waals surface area (Å²) in [5.74, 6) is -0.712. The normalized spacial score (nSPS) is 16.0. The second-order valence-electron chi connectivity index (χ2n) is 7.34. The number of rotatable bonds is 5. The molecule has 4 rings (SSSR count). The van der Waals surface area contributed by atoms with E-state index in [0.717, 1.165) is 23.4 Å². The van der Waals surface area contributed by atoms with Gasteiger partial charge in [0, 0.05) is 31.2 Å². The van der Waals surface area contributed by atoms with Crippen molar-refractivity contribution >= 4 is 29.0 Å². The van der Waals surface area contributed by atoms with E-state index >= 15 is 0 Å². The van der Waals surface area contributed by atoms with Crippen molar-refractivity contribution in [3.63, 3.8) is 0 Å². The van der Waals surface area contributed by atoms with Crippen LogP contribution in [0.15, 0.2) is 54.6 Å². The number of urea groups is 1. The van der Waals surface area contributed by atoms with Crippen LogP contribution in [0.3, 0.4) is 0 Å². The van der Waals surface area contributed by atoms with Gasteiger partial charge in [-0.25, -0.2) is 9.18 Å². The molecular weight excluding hydrogens is 417 g/mol. The topological polar surface area (TPSA) is 87.2 Å². The molecule has 1 atom stereocenters. The van der Waals surface area contributed by atoms with Gasteiger partial charge in [-0.1, -0.05) is 41.7 Å². The SMILES string of the molecule is O=C(Nc1ccc(F)cc1)c1nnc(C2CCCN(C(=O)NCc3ccccc3)C2)s1. The molecule has 1 aliphatic heterocycles. The molecule has 0 aliphatic carbocycles. The van der Waals surface area contributed by atoms with Gasteiger partial charge in [-0.3, -0.25) is 4.79 Å². The summed E-state index contributed by atoms with van der Waals surface area (Å²) < 4.78 is 13.0. The zero-order valence-corrected chi connectivity index (χ0v) is 17.6. The lowest BCUT2D eigenvalue weighted by Gasteiger charge is -2.31. The molecule has 31 heavy (non-hydrogen) atoms. The molecule has 0 saturated carbocycles. The minimum absolute atomic E-state index is 0.0427. The maximum atomic E-state index is 13.0. The van der Waals surface area contributed by atoms with Crippen LogP contribution in [-0.2, 0) is 6.54 Å². The second kappa shape index (κ2) is 9.65. The summed E-state index contributed by atoms with van der Waals surface area (Å²) in [7, 11) is 0. The zero-order valence-electron chi connectivity index (χ0n) is 16.8. The van der Waals surface area contributed by atoms with E-state index in [1.165, 1.54) is 35.6 Å². The Labute approximate surface area is 183 Å². The van der Waals surface area contributed by atoms with E-state index in [1.807, 2.05) is 30.3 Å². The molecule has 1 aliphatic rings. The van der Waals surface area contributed by atoms with Crippen LogP contribution in [0, 0.1) is 5.82 Å². The molecule has 2 aromatic carbocycles. The van der Waals surface area contributed by atoms with Crippen molar-refractivity contribution in [1.29, 1.82) is 0 Å². The van der Waals surface area contributed by atoms with E-state index < -0.39 is 0 Å². The molecule has 2 N–H and O–H groups in total. The van der Waals surface area contributed by atoms with Crippen molar-refractivity contribution in [2.24, 2.45) is 0 Å². The van der Waals surface area contributed by atoms with Gasteiger partial charge in [0.2, 0.25) is 5.01 Å². The number of aromatic nitrogens is 2. The first-order chi connectivity index (χ1) is 15.1. The Morgan fingerprint density at radius 1 is 1.10 bits per heavy atom. The van der Waals surface area contributed by atoms with E-state index in [9.17, 15) is 14.0 Å². The average Bonchev–Trinajstić information content (AvgIpc) is 3.30. The molecule has 3 aromatic rings. The maximum absolute atomic E-state index is 13.0. The van der Waals surface area contributed by atoms with Crippen molar-refractivity contribution in [2.45, 2.75) is 25.3 Å². The number of likely N-dealkylation sites (tertiary alicyclic amines) is 1. The standard InChI is InChI=1S/C22H22FN5O2S/c23-17-8-10-18(11-9-17)25-19(29)21-27-26-20(31-21)16-7-4-12-28(14-16)22(30)24-13-15-5-2-1-3-6-15/h1-3,5-6,8-11,16H,4,7,12-14H2,(H,24,30)(H,25,29). The number of benzene rings is 2. The first kappa shape index (κ1) is 20.9. The summed E-state index contributed by atoms with van der Waals surface area (Å²) in [6, 6.07) is 15.2. The molecule has 2 heterocycles. The maximum Gasteiger partial charge on any atom is 0.317 e. The molecular formula is C22H22FN5O2S. The number of anilines is 1. The molecule has 3 amide bonds. The highest BCUT2D eigenvalue weighted by atomic mass is 32.1. The lowest BCUT2D eigenvalue weighted by molar-refractivity contribution is 0.102. The number of carbonyl (C=O) groups is 2. The van der Waals surface area contributed by atoms with E-state index in [4.69, 9.17) is 0 Å². The van der Waals surface area contributed by atoms with Gasteiger partial charge in [0.25, 0.3) is 5.91 Å². The first-order valence-corrected chi connectivity index (χ1v) is 10.9. The number of piperidine rings is 1. The van der Waals surface area contributed by atoms with Crippen LogP contribution in [0.5, 0.6) is 0 Å². The molecule has 0 radical (unpaired) electrons. The van der Waals surface area contributed by atoms with Crippen molar-refractivity contribution in [1.82, 2.24) is 20.4 Å². The number of halogens is 1. The van der Waals surface area contributed by atoms with Crippen LogP contribution in [0.1, 0.15) is 39.1 Å². The molecule has 0 bridgehead atoms. The predicted octanol–water partition coefficient (Wildman–Crippen LogP) is 4.02. The first-order valence-electron chi connectivity index (χ1n) is 10.1. The van der Waals surface area contributed by atoms with Crippen LogP contribution in [0.2, 0.25) is 0 Å². The number of amides is 3. The van der Waals surface area contributed by atoms with E-state index in [1.54, 1.807) is 4.90 Å². The largest absolute Gasteiger partial charge is 0.334 e. The summed E-state index contributed by atoms with van der Waals surface area (Å²) >= 11 is 1.23. The van der Waals surface area contributed by atoms with Crippen molar-refractivity contribution in [3.8, 4) is 0 Å². The number of carbonyl (C=O) groups excluding carboxylic acids is 2. The third-order valence-corrected chi connectivity index (χ3v) is 6.17. The van der Waals surface area contributed by atoms with Gasteiger partial charge in [-0.2, -0.15) is 0 Å². The third kappa shape index (κ3) is 5.43. The van der Waals surface area contributed by atoms with Crippen LogP contribution >= 0.6 is 11.3 Å². The lowest BCUT2D eigenvalue weighted by Crippen LogP contribution is -2.44. The van der Waals surface area contributed by atoms with Gasteiger partial charge in [-0.15, -0.1) is 10.2 Å². The Morgan fingerprint density at radius 2 is 1.87 bits per heavy atom. The molecule has 0 spiro atoms. The highest BCUT2D eigenvalue weighted by Crippen LogP contribution is 2.29. The smallest absolute Gasteiger partial charge is 0.317 e. The highest BCUT2D eigenvalue weighted by Gasteiger charge is 2.28. The molecule has 1 aromatic heterocycles. The lowest BCUT2D eigenvalue weighted by atomic mass is 9.99. The molecule has 1 fully saturated rings. The summed E-state index contributed by atoms with van der Waals surface area (Å²) in [5, 5.41) is 14.8. The minimum atomic E-state index is -0.386. The summed E-state index contributed by atoms with van der Waals surface area (Å²) in [4.78, 5) is 26.8. The van der Waals surface area contributed by atoms with Gasteiger partial charge < -0.3 is 15.5 Å². The van der Waals surface area contributed by atoms with Gasteiger partial charge in [0.15, 0.2) is 0 Å². The van der Waals surface area contributed by atoms with Gasteiger partial charge in [0.05, 0.1) is 0 Å². The van der Waals surface area contributed by atoms with Gasteiger partial charge >= 0.3 is 6.03 Å². The summed E-state index contributed by atoms with van der Waals surface area (Å²) in [5.41, 5.74) is 1.53. The predicted molar refractivity (Wildman–Crippen MR) is 116 cm³/mol. The van der Waals surface area contributed by atoms with Crippen LogP contribution in [0.4, 0.5) is 14.9 Å². The molecule has 7 nitrogen and oxygen atoms in total. The Hall–Kier alpha value is -3.33. The third-order valence-electron chi connectivity index (χ3n) is 5.08. The van der Waals surface area contributed by atoms with Gasteiger partial charge in [0.1, 0.15) is 10.8 Å². The van der Waals surface area contributed by atoms with Crippen LogP contribution in [0.25, 0.3) is 0 Å². The van der Waals surface area contributed by atoms with Gasteiger partial charge in [-0.05, 0) is 42.7 Å². The Balaban J connectivity index is 1.34. The number of hydrogen-bond acceptors (Lipinski definition) is 5. The molecule has 9 heteroatoms. The molecule has 160 valence electrons. The van der Waals surface area contributed by atoms with Crippen molar-refractivity contribution in [3.05, 3.63) is 76.0 Å². The monoisotopic (exact) mass is 439 g/mol. The summed E-state index contributed by atoms with van der Waals surface area (Å²) in [6.45, 7) is 1.70. The molecule has 1 saturated heterocycles. The Morgan fingerprint density at radius 3 is 2.65 bits per heavy atom. The Bertz CT molecular complexity index is 1040. The fourth-order valence-corrected chi connectivity index (χ4v) is 4.32. The van der Waals surface area contributed by atoms with Crippen molar-refractivity contribution in [2.75, 3.05) is 18.4 Å². The van der Waals surface area contributed by atoms with Crippen LogP contribution in [-0.4, -0.2) is 40.1 Å². The highest BCUT2D eigenvalue weighted by molar-refractivity contribution is 7.13. The number of hydrogen-bond donors (Lipinski definition) is 2. The zero-order chi connectivity index (χ0) is 21.6. The fourth-order valence-electron chi connectivity index (χ4n) is 3.46. The quantitative estimate of drug-likeness (QED) is 0.629. The molecule has 1 unspecified atom stereocenters. The number of nitrogens with zero attached hydrogens (tertiary/aromatic N) is 3. The van der Waals surface area contributed by atoms with Crippen LogP contribution < -0.4 is 10.6 Å². The fraction of sp³-hybridized carbons (Fsp3) is 0.273. The second-order valence-corrected chi connectivity index (χ2v) is 8.35.